The van der Waals surface area contributed by atoms with Crippen LogP contribution in [0.2, 0.25) is 0 Å². The van der Waals surface area contributed by atoms with Gasteiger partial charge >= 0.3 is 5.97 Å². The average molecular weight is 380 g/mol. The highest BCUT2D eigenvalue weighted by Crippen LogP contribution is 2.43. The van der Waals surface area contributed by atoms with Gasteiger partial charge < -0.3 is 14.9 Å². The van der Waals surface area contributed by atoms with Crippen molar-refractivity contribution >= 4 is 11.8 Å². The maximum absolute atomic E-state index is 13.3. The molecule has 0 spiro atoms. The summed E-state index contributed by atoms with van der Waals surface area (Å²) in [6.45, 7) is 3.74. The van der Waals surface area contributed by atoms with Crippen molar-refractivity contribution in [1.82, 2.24) is 0 Å². The first-order valence-electron chi connectivity index (χ1n) is 9.50. The van der Waals surface area contributed by atoms with Crippen LogP contribution in [0.3, 0.4) is 0 Å². The summed E-state index contributed by atoms with van der Waals surface area (Å²) in [6, 6.07) is 15.3. The fourth-order valence-corrected chi connectivity index (χ4v) is 3.88. The van der Waals surface area contributed by atoms with Gasteiger partial charge in [0.25, 0.3) is 0 Å². The first kappa shape index (κ1) is 19.7. The van der Waals surface area contributed by atoms with Crippen molar-refractivity contribution in [2.45, 2.75) is 44.6 Å². The number of rotatable bonds is 6. The maximum Gasteiger partial charge on any atom is 0.339 e. The third-order valence-electron chi connectivity index (χ3n) is 5.20. The minimum Gasteiger partial charge on any atom is -0.508 e. The topological polar surface area (TPSA) is 83.8 Å². The van der Waals surface area contributed by atoms with Crippen LogP contribution in [0.5, 0.6) is 5.75 Å². The van der Waals surface area contributed by atoms with Crippen LogP contribution in [0.15, 0.2) is 65.9 Å². The smallest absolute Gasteiger partial charge is 0.339 e. The number of carbonyl (C=O) groups excluding carboxylic acids is 2. The van der Waals surface area contributed by atoms with Crippen LogP contribution < -0.4 is 0 Å². The molecule has 0 saturated heterocycles. The van der Waals surface area contributed by atoms with Crippen molar-refractivity contribution in [2.24, 2.45) is 0 Å². The number of hydrogen-bond donors (Lipinski definition) is 2. The SMILES string of the molecule is CCCC1(c2ccccc2)OC(=O)C(C(CC)c2cccc(O)c2)=C(O)C1=O. The molecular weight excluding hydrogens is 356 g/mol. The molecule has 0 amide bonds. The van der Waals surface area contributed by atoms with Crippen molar-refractivity contribution in [2.75, 3.05) is 0 Å². The van der Waals surface area contributed by atoms with Gasteiger partial charge in [-0.1, -0.05) is 62.7 Å². The van der Waals surface area contributed by atoms with E-state index in [4.69, 9.17) is 4.74 Å². The third kappa shape index (κ3) is 3.28. The third-order valence-corrected chi connectivity index (χ3v) is 5.20. The molecule has 5 heteroatoms. The zero-order valence-corrected chi connectivity index (χ0v) is 16.0. The van der Waals surface area contributed by atoms with E-state index in [1.165, 1.54) is 12.1 Å². The van der Waals surface area contributed by atoms with Gasteiger partial charge in [-0.05, 0) is 30.5 Å². The van der Waals surface area contributed by atoms with Gasteiger partial charge in [-0.15, -0.1) is 0 Å². The van der Waals surface area contributed by atoms with Crippen molar-refractivity contribution in [3.05, 3.63) is 77.1 Å². The Labute approximate surface area is 164 Å². The van der Waals surface area contributed by atoms with E-state index in [9.17, 15) is 19.8 Å². The van der Waals surface area contributed by atoms with Crippen LogP contribution in [-0.2, 0) is 19.9 Å². The number of phenolic OH excluding ortho intramolecular Hbond substituents is 1. The second-order valence-electron chi connectivity index (χ2n) is 6.98. The molecule has 0 radical (unpaired) electrons. The Morgan fingerprint density at radius 2 is 1.71 bits per heavy atom. The van der Waals surface area contributed by atoms with E-state index in [1.54, 1.807) is 36.4 Å². The number of aromatic hydroxyl groups is 1. The zero-order valence-electron chi connectivity index (χ0n) is 16.0. The van der Waals surface area contributed by atoms with E-state index >= 15 is 0 Å². The Kier molecular flexibility index (Phi) is 5.54. The molecule has 0 saturated carbocycles. The Morgan fingerprint density at radius 1 is 1.00 bits per heavy atom. The van der Waals surface area contributed by atoms with Crippen LogP contribution in [0.4, 0.5) is 0 Å². The lowest BCUT2D eigenvalue weighted by Crippen LogP contribution is -2.46. The number of ketones is 1. The first-order chi connectivity index (χ1) is 13.4. The van der Waals surface area contributed by atoms with E-state index < -0.39 is 29.0 Å². The molecule has 2 aromatic rings. The van der Waals surface area contributed by atoms with Gasteiger partial charge in [0.1, 0.15) is 5.75 Å². The summed E-state index contributed by atoms with van der Waals surface area (Å²) in [6.07, 6.45) is 1.33. The van der Waals surface area contributed by atoms with E-state index in [0.29, 0.717) is 24.0 Å². The summed E-state index contributed by atoms with van der Waals surface area (Å²) < 4.78 is 5.76. The fraction of sp³-hybridized carbons (Fsp3) is 0.304. The normalized spacial score (nSPS) is 20.8. The second-order valence-corrected chi connectivity index (χ2v) is 6.98. The summed E-state index contributed by atoms with van der Waals surface area (Å²) in [7, 11) is 0. The maximum atomic E-state index is 13.3. The number of cyclic esters (lactones) is 1. The van der Waals surface area contributed by atoms with Gasteiger partial charge in [-0.2, -0.15) is 0 Å². The van der Waals surface area contributed by atoms with E-state index in [0.717, 1.165) is 0 Å². The summed E-state index contributed by atoms with van der Waals surface area (Å²) in [4.78, 5) is 26.3. The predicted molar refractivity (Wildman–Crippen MR) is 105 cm³/mol. The number of hydrogen-bond acceptors (Lipinski definition) is 5. The molecule has 1 aliphatic heterocycles. The highest BCUT2D eigenvalue weighted by Gasteiger charge is 2.51. The molecule has 2 N–H and O–H groups in total. The predicted octanol–water partition coefficient (Wildman–Crippen LogP) is 4.52. The van der Waals surface area contributed by atoms with Gasteiger partial charge in [0.2, 0.25) is 11.4 Å². The molecule has 0 aliphatic carbocycles. The second kappa shape index (κ2) is 7.89. The Balaban J connectivity index is 2.12. The van der Waals surface area contributed by atoms with Crippen molar-refractivity contribution < 1.29 is 24.5 Å². The number of phenols is 1. The summed E-state index contributed by atoms with van der Waals surface area (Å²) >= 11 is 0. The number of Topliss-reactive ketones (excluding diaryl/α,β-unsaturated/α-hetero) is 1. The molecule has 3 rings (SSSR count). The zero-order chi connectivity index (χ0) is 20.3. The number of ether oxygens (including phenoxy) is 1. The minimum absolute atomic E-state index is 0.0520. The molecule has 0 bridgehead atoms. The highest BCUT2D eigenvalue weighted by atomic mass is 16.6. The minimum atomic E-state index is -1.52. The molecule has 0 aromatic heterocycles. The molecule has 5 nitrogen and oxygen atoms in total. The number of aliphatic hydroxyl groups is 1. The van der Waals surface area contributed by atoms with Crippen molar-refractivity contribution in [3.63, 3.8) is 0 Å². The van der Waals surface area contributed by atoms with Gasteiger partial charge in [-0.3, -0.25) is 4.79 Å². The van der Waals surface area contributed by atoms with Gasteiger partial charge in [0.05, 0.1) is 5.57 Å². The fourth-order valence-electron chi connectivity index (χ4n) is 3.88. The molecule has 2 aromatic carbocycles. The highest BCUT2D eigenvalue weighted by molar-refractivity contribution is 6.11. The van der Waals surface area contributed by atoms with Crippen LogP contribution in [0.1, 0.15) is 50.2 Å². The number of carbonyl (C=O) groups is 2. The van der Waals surface area contributed by atoms with E-state index in [-0.39, 0.29) is 17.7 Å². The first-order valence-corrected chi connectivity index (χ1v) is 9.50. The Hall–Kier alpha value is -3.08. The molecule has 2 atom stereocenters. The molecule has 1 aliphatic rings. The van der Waals surface area contributed by atoms with Crippen LogP contribution in [-0.4, -0.2) is 22.0 Å². The Morgan fingerprint density at radius 3 is 2.32 bits per heavy atom. The molecular formula is C23H24O5. The number of esters is 1. The van der Waals surface area contributed by atoms with E-state index in [1.807, 2.05) is 19.9 Å². The quantitative estimate of drug-likeness (QED) is 0.720. The van der Waals surface area contributed by atoms with Crippen molar-refractivity contribution in [1.29, 1.82) is 0 Å². The lowest BCUT2D eigenvalue weighted by atomic mass is 9.78. The summed E-state index contributed by atoms with van der Waals surface area (Å²) in [5.74, 6) is -2.36. The molecule has 2 unspecified atom stereocenters. The molecule has 146 valence electrons. The standard InChI is InChI=1S/C23H24O5/c1-3-13-23(16-10-6-5-7-11-16)21(26)20(25)19(22(27)28-23)18(4-2)15-9-8-12-17(24)14-15/h5-12,14,18,24-25H,3-4,13H2,1-2H3. The largest absolute Gasteiger partial charge is 0.508 e. The lowest BCUT2D eigenvalue weighted by molar-refractivity contribution is -0.170. The van der Waals surface area contributed by atoms with Crippen molar-refractivity contribution in [3.8, 4) is 5.75 Å². The van der Waals surface area contributed by atoms with Gasteiger partial charge in [0.15, 0.2) is 5.76 Å². The molecule has 0 fully saturated rings. The lowest BCUT2D eigenvalue weighted by Gasteiger charge is -2.37. The molecule has 1 heterocycles. The average Bonchev–Trinajstić information content (AvgIpc) is 2.70. The van der Waals surface area contributed by atoms with Crippen LogP contribution in [0.25, 0.3) is 0 Å². The summed E-state index contributed by atoms with van der Waals surface area (Å²) in [5, 5.41) is 20.6. The van der Waals surface area contributed by atoms with Crippen LogP contribution >= 0.6 is 0 Å². The van der Waals surface area contributed by atoms with Crippen LogP contribution in [0, 0.1) is 0 Å². The van der Waals surface area contributed by atoms with Gasteiger partial charge in [0, 0.05) is 11.5 Å². The monoisotopic (exact) mass is 380 g/mol. The Bertz CT molecular complexity index is 916. The summed E-state index contributed by atoms with van der Waals surface area (Å²) in [5.41, 5.74) is -0.388. The molecule has 28 heavy (non-hydrogen) atoms. The number of benzene rings is 2. The number of aliphatic hydroxyl groups excluding tert-OH is 1. The van der Waals surface area contributed by atoms with E-state index in [2.05, 4.69) is 0 Å². The van der Waals surface area contributed by atoms with Gasteiger partial charge in [-0.25, -0.2) is 4.79 Å².